The first-order valence-corrected chi connectivity index (χ1v) is 7.69. The lowest BCUT2D eigenvalue weighted by Gasteiger charge is -2.08. The number of fused-ring (bicyclic) bond motifs is 3. The fourth-order valence-corrected chi connectivity index (χ4v) is 4.87. The molecule has 2 heteroatoms. The van der Waals surface area contributed by atoms with Crippen molar-refractivity contribution >= 4 is 19.9 Å². The Labute approximate surface area is 108 Å². The Hall–Kier alpha value is -2.06. The van der Waals surface area contributed by atoms with E-state index in [9.17, 15) is 0 Å². The Balaban J connectivity index is 2.03. The molecule has 1 aliphatic rings. The SMILES string of the molecule is c1c[nH]c(-c2cccc3c2-c2ccccc2[SiH2]3)c1. The highest BCUT2D eigenvalue weighted by molar-refractivity contribution is 6.73. The molecule has 2 aromatic carbocycles. The number of benzene rings is 2. The molecule has 0 amide bonds. The zero-order valence-electron chi connectivity index (χ0n) is 9.98. The Kier molecular flexibility index (Phi) is 2.05. The molecule has 0 bridgehead atoms. The van der Waals surface area contributed by atoms with Gasteiger partial charge in [0.2, 0.25) is 0 Å². The summed E-state index contributed by atoms with van der Waals surface area (Å²) in [6.07, 6.45) is 1.99. The van der Waals surface area contributed by atoms with E-state index in [1.807, 2.05) is 6.20 Å². The third kappa shape index (κ3) is 1.33. The first-order valence-electron chi connectivity index (χ1n) is 6.27. The van der Waals surface area contributed by atoms with E-state index in [1.54, 1.807) is 10.4 Å². The van der Waals surface area contributed by atoms with Gasteiger partial charge in [0.1, 0.15) is 0 Å². The maximum Gasteiger partial charge on any atom is 0.0891 e. The lowest BCUT2D eigenvalue weighted by molar-refractivity contribution is 1.40. The standard InChI is InChI=1S/C16H13NSi/c1-2-8-14-12(5-1)16-11(13-7-4-10-17-13)6-3-9-15(16)18-14/h1-10,17H,18H2. The van der Waals surface area contributed by atoms with E-state index in [0.717, 1.165) is 0 Å². The fraction of sp³-hybridized carbons (Fsp3) is 0. The van der Waals surface area contributed by atoms with Crippen LogP contribution in [0.15, 0.2) is 60.8 Å². The molecule has 1 nitrogen and oxygen atoms in total. The number of H-pyrrole nitrogens is 1. The van der Waals surface area contributed by atoms with Gasteiger partial charge in [0.25, 0.3) is 0 Å². The van der Waals surface area contributed by atoms with Crippen molar-refractivity contribution in [3.05, 3.63) is 60.8 Å². The predicted molar refractivity (Wildman–Crippen MR) is 79.5 cm³/mol. The van der Waals surface area contributed by atoms with Crippen molar-refractivity contribution in [2.75, 3.05) is 0 Å². The molecular weight excluding hydrogens is 234 g/mol. The summed E-state index contributed by atoms with van der Waals surface area (Å²) >= 11 is 0. The lowest BCUT2D eigenvalue weighted by atomic mass is 9.98. The number of rotatable bonds is 1. The van der Waals surface area contributed by atoms with E-state index in [0.29, 0.717) is 0 Å². The van der Waals surface area contributed by atoms with E-state index >= 15 is 0 Å². The zero-order chi connectivity index (χ0) is 11.9. The van der Waals surface area contributed by atoms with Gasteiger partial charge in [0.15, 0.2) is 0 Å². The van der Waals surface area contributed by atoms with Crippen LogP contribution in [0.1, 0.15) is 0 Å². The molecule has 2 heterocycles. The van der Waals surface area contributed by atoms with Crippen molar-refractivity contribution in [2.45, 2.75) is 0 Å². The summed E-state index contributed by atoms with van der Waals surface area (Å²) in [4.78, 5) is 3.33. The van der Waals surface area contributed by atoms with Crippen LogP contribution >= 0.6 is 0 Å². The van der Waals surface area contributed by atoms with E-state index < -0.39 is 0 Å². The molecule has 4 rings (SSSR count). The summed E-state index contributed by atoms with van der Waals surface area (Å²) in [5.74, 6) is 0. The maximum atomic E-state index is 3.33. The molecule has 18 heavy (non-hydrogen) atoms. The largest absolute Gasteiger partial charge is 0.361 e. The summed E-state index contributed by atoms with van der Waals surface area (Å²) in [6.45, 7) is 0. The number of hydrogen-bond acceptors (Lipinski definition) is 0. The van der Waals surface area contributed by atoms with Gasteiger partial charge in [-0.3, -0.25) is 0 Å². The number of aromatic amines is 1. The van der Waals surface area contributed by atoms with E-state index in [1.165, 1.54) is 22.4 Å². The third-order valence-corrected chi connectivity index (χ3v) is 5.67. The second-order valence-electron chi connectivity index (χ2n) is 4.76. The van der Waals surface area contributed by atoms with Gasteiger partial charge >= 0.3 is 0 Å². The predicted octanol–water partition coefficient (Wildman–Crippen LogP) is 1.78. The molecule has 0 unspecified atom stereocenters. The third-order valence-electron chi connectivity index (χ3n) is 3.71. The maximum absolute atomic E-state index is 3.33. The van der Waals surface area contributed by atoms with Crippen LogP contribution in [0.4, 0.5) is 0 Å². The van der Waals surface area contributed by atoms with Gasteiger partial charge in [0, 0.05) is 17.5 Å². The molecule has 0 spiro atoms. The second kappa shape index (κ2) is 3.72. The number of aromatic nitrogens is 1. The second-order valence-corrected chi connectivity index (χ2v) is 6.63. The van der Waals surface area contributed by atoms with E-state index in [4.69, 9.17) is 0 Å². The molecule has 0 radical (unpaired) electrons. The van der Waals surface area contributed by atoms with Crippen LogP contribution in [0.2, 0.25) is 0 Å². The quantitative estimate of drug-likeness (QED) is 0.494. The van der Waals surface area contributed by atoms with Crippen LogP contribution < -0.4 is 10.4 Å². The molecule has 0 fully saturated rings. The Morgan fingerprint density at radius 3 is 2.44 bits per heavy atom. The molecule has 0 saturated heterocycles. The van der Waals surface area contributed by atoms with Gasteiger partial charge in [-0.1, -0.05) is 52.8 Å². The Morgan fingerprint density at radius 1 is 0.722 bits per heavy atom. The van der Waals surface area contributed by atoms with Crippen molar-refractivity contribution in [3.8, 4) is 22.4 Å². The lowest BCUT2D eigenvalue weighted by Crippen LogP contribution is -2.20. The average Bonchev–Trinajstić information content (AvgIpc) is 3.05. The van der Waals surface area contributed by atoms with E-state index in [-0.39, 0.29) is 9.52 Å². The minimum absolute atomic E-state index is 0.284. The fourth-order valence-electron chi connectivity index (χ4n) is 2.91. The van der Waals surface area contributed by atoms with Crippen LogP contribution in [0, 0.1) is 0 Å². The van der Waals surface area contributed by atoms with E-state index in [2.05, 4.69) is 59.6 Å². The van der Waals surface area contributed by atoms with Crippen molar-refractivity contribution in [1.82, 2.24) is 4.98 Å². The van der Waals surface area contributed by atoms with Crippen molar-refractivity contribution < 1.29 is 0 Å². The highest BCUT2D eigenvalue weighted by Gasteiger charge is 2.21. The average molecular weight is 247 g/mol. The van der Waals surface area contributed by atoms with Crippen molar-refractivity contribution in [3.63, 3.8) is 0 Å². The highest BCUT2D eigenvalue weighted by Crippen LogP contribution is 2.30. The van der Waals surface area contributed by atoms with Crippen LogP contribution in [-0.4, -0.2) is 14.5 Å². The monoisotopic (exact) mass is 247 g/mol. The molecule has 1 aromatic heterocycles. The minimum atomic E-state index is -0.284. The number of nitrogens with one attached hydrogen (secondary N) is 1. The van der Waals surface area contributed by atoms with Gasteiger partial charge in [-0.25, -0.2) is 0 Å². The van der Waals surface area contributed by atoms with Gasteiger partial charge < -0.3 is 4.98 Å². The first-order chi connectivity index (χ1) is 8.93. The first kappa shape index (κ1) is 9.92. The molecule has 86 valence electrons. The van der Waals surface area contributed by atoms with Crippen LogP contribution in [0.5, 0.6) is 0 Å². The Bertz CT molecular complexity index is 714. The van der Waals surface area contributed by atoms with Crippen molar-refractivity contribution in [2.24, 2.45) is 0 Å². The normalized spacial score (nSPS) is 13.6. The zero-order valence-corrected chi connectivity index (χ0v) is 11.4. The molecule has 0 atom stereocenters. The molecule has 3 aromatic rings. The number of hydrogen-bond donors (Lipinski definition) is 1. The van der Waals surface area contributed by atoms with Crippen LogP contribution in [-0.2, 0) is 0 Å². The van der Waals surface area contributed by atoms with Crippen molar-refractivity contribution in [1.29, 1.82) is 0 Å². The molecule has 1 aliphatic heterocycles. The summed E-state index contributed by atoms with van der Waals surface area (Å²) in [6, 6.07) is 19.8. The van der Waals surface area contributed by atoms with Gasteiger partial charge in [-0.2, -0.15) is 0 Å². The van der Waals surface area contributed by atoms with Gasteiger partial charge in [0.05, 0.1) is 9.52 Å². The van der Waals surface area contributed by atoms with Gasteiger partial charge in [-0.15, -0.1) is 0 Å². The molecule has 0 aliphatic carbocycles. The summed E-state index contributed by atoms with van der Waals surface area (Å²) in [5.41, 5.74) is 5.47. The van der Waals surface area contributed by atoms with Crippen LogP contribution in [0.25, 0.3) is 22.4 Å². The van der Waals surface area contributed by atoms with Crippen LogP contribution in [0.3, 0.4) is 0 Å². The molecule has 1 N–H and O–H groups in total. The topological polar surface area (TPSA) is 15.8 Å². The van der Waals surface area contributed by atoms with Gasteiger partial charge in [-0.05, 0) is 23.3 Å². The summed E-state index contributed by atoms with van der Waals surface area (Å²) in [7, 11) is -0.284. The molecule has 0 saturated carbocycles. The summed E-state index contributed by atoms with van der Waals surface area (Å²) in [5, 5.41) is 3.15. The minimum Gasteiger partial charge on any atom is -0.361 e. The Morgan fingerprint density at radius 2 is 1.56 bits per heavy atom. The summed E-state index contributed by atoms with van der Waals surface area (Å²) < 4.78 is 0. The molecular formula is C16H13NSi. The highest BCUT2D eigenvalue weighted by atomic mass is 28.2. The smallest absolute Gasteiger partial charge is 0.0891 e.